The molecule has 0 bridgehead atoms. The Morgan fingerprint density at radius 2 is 2.04 bits per heavy atom. The van der Waals surface area contributed by atoms with Crippen LogP contribution in [0.2, 0.25) is 5.02 Å². The molecule has 1 heterocycles. The average Bonchev–Trinajstić information content (AvgIpc) is 2.76. The Labute approximate surface area is 142 Å². The van der Waals surface area contributed by atoms with Crippen LogP contribution in [0.4, 0.5) is 11.4 Å². The van der Waals surface area contributed by atoms with Crippen molar-refractivity contribution in [3.63, 3.8) is 0 Å². The molecule has 3 rings (SSSR count). The number of nitrogens with two attached hydrogens (primary N) is 1. The largest absolute Gasteiger partial charge is 0.482 e. The Morgan fingerprint density at radius 3 is 2.75 bits per heavy atom. The minimum absolute atomic E-state index is 0.207. The first-order valence-electron chi connectivity index (χ1n) is 7.17. The van der Waals surface area contributed by atoms with Gasteiger partial charge in [-0.05, 0) is 18.2 Å². The molecule has 0 aliphatic carbocycles. The van der Waals surface area contributed by atoms with Crippen molar-refractivity contribution in [2.24, 2.45) is 0 Å². The third-order valence-corrected chi connectivity index (χ3v) is 3.85. The molecule has 0 aromatic heterocycles. The molecule has 1 aliphatic rings. The lowest BCUT2D eigenvalue weighted by atomic mass is 10.0. The van der Waals surface area contributed by atoms with E-state index in [2.05, 4.69) is 10.6 Å². The minimum Gasteiger partial charge on any atom is -0.482 e. The number of amides is 2. The third-order valence-electron chi connectivity index (χ3n) is 3.55. The Hall–Kier alpha value is -2.61. The van der Waals surface area contributed by atoms with Gasteiger partial charge in [0.2, 0.25) is 0 Å². The topological polar surface area (TPSA) is 104 Å². The van der Waals surface area contributed by atoms with E-state index in [-0.39, 0.29) is 6.61 Å². The van der Waals surface area contributed by atoms with E-state index < -0.39 is 17.9 Å². The predicted octanol–water partition coefficient (Wildman–Crippen LogP) is 1.11. The van der Waals surface area contributed by atoms with E-state index in [1.165, 1.54) is 0 Å². The maximum absolute atomic E-state index is 12.6. The molecule has 0 saturated carbocycles. The molecule has 0 spiro atoms. The van der Waals surface area contributed by atoms with Crippen molar-refractivity contribution in [2.75, 3.05) is 11.9 Å². The van der Waals surface area contributed by atoms with Crippen LogP contribution in [0.5, 0.6) is 5.75 Å². The fourth-order valence-electron chi connectivity index (χ4n) is 2.40. The molecule has 8 heteroatoms. The van der Waals surface area contributed by atoms with Crippen molar-refractivity contribution in [2.45, 2.75) is 6.04 Å². The lowest BCUT2D eigenvalue weighted by Crippen LogP contribution is -2.73. The van der Waals surface area contributed by atoms with Gasteiger partial charge in [-0.1, -0.05) is 23.7 Å². The van der Waals surface area contributed by atoms with E-state index in [9.17, 15) is 9.59 Å². The zero-order valence-electron chi connectivity index (χ0n) is 12.5. The van der Waals surface area contributed by atoms with Crippen molar-refractivity contribution in [3.05, 3.63) is 53.1 Å². The molecule has 1 unspecified atom stereocenters. The van der Waals surface area contributed by atoms with Crippen LogP contribution in [-0.2, 0) is 9.59 Å². The number of para-hydroxylation sites is 1. The smallest absolute Gasteiger partial charge is 0.258 e. The molecule has 2 aromatic carbocycles. The molecule has 0 saturated heterocycles. The number of anilines is 1. The van der Waals surface area contributed by atoms with Crippen LogP contribution in [0.25, 0.3) is 0 Å². The lowest BCUT2D eigenvalue weighted by molar-refractivity contribution is -0.825. The molecule has 0 radical (unpaired) electrons. The highest BCUT2D eigenvalue weighted by Crippen LogP contribution is 2.34. The second kappa shape index (κ2) is 6.88. The van der Waals surface area contributed by atoms with Gasteiger partial charge in [0.25, 0.3) is 11.8 Å². The number of quaternary nitrogens is 1. The second-order valence-electron chi connectivity index (χ2n) is 5.19. The van der Waals surface area contributed by atoms with E-state index >= 15 is 0 Å². The lowest BCUT2D eigenvalue weighted by Gasteiger charge is -2.17. The summed E-state index contributed by atoms with van der Waals surface area (Å²) < 4.78 is 5.40. The summed E-state index contributed by atoms with van der Waals surface area (Å²) in [6.45, 7) is -0.207. The van der Waals surface area contributed by atoms with E-state index in [4.69, 9.17) is 21.5 Å². The van der Waals surface area contributed by atoms with Gasteiger partial charge in [-0.2, -0.15) is 5.48 Å². The molecular weight excluding hydrogens is 334 g/mol. The van der Waals surface area contributed by atoms with Gasteiger partial charge in [-0.3, -0.25) is 9.59 Å². The molecule has 1 aliphatic heterocycles. The summed E-state index contributed by atoms with van der Waals surface area (Å²) in [6.07, 6.45) is 0. The first kappa shape index (κ1) is 16.3. The van der Waals surface area contributed by atoms with Gasteiger partial charge in [-0.25, -0.2) is 5.21 Å². The Bertz CT molecular complexity index is 779. The van der Waals surface area contributed by atoms with E-state index in [0.717, 1.165) is 5.48 Å². The van der Waals surface area contributed by atoms with E-state index in [1.54, 1.807) is 42.5 Å². The van der Waals surface area contributed by atoms with Gasteiger partial charge in [-0.15, -0.1) is 0 Å². The summed E-state index contributed by atoms with van der Waals surface area (Å²) >= 11 is 6.10. The summed E-state index contributed by atoms with van der Waals surface area (Å²) in [7, 11) is 0. The standard InChI is InChI=1S/C16H14ClN3O4/c17-12-3-1-2-11-14(19-13(21)8-24-15(11)12)16(22)18-9-4-6-10(20-23)7-5-9/h1-7,14,20,23H,8H2,(H,18,22)(H,19,21)/p+1. The average molecular weight is 349 g/mol. The number of fused-ring (bicyclic) bond motifs is 1. The Balaban J connectivity index is 1.87. The van der Waals surface area contributed by atoms with Crippen LogP contribution in [-0.4, -0.2) is 23.6 Å². The Kier molecular flexibility index (Phi) is 4.66. The van der Waals surface area contributed by atoms with Crippen molar-refractivity contribution >= 4 is 34.8 Å². The molecule has 2 aromatic rings. The second-order valence-corrected chi connectivity index (χ2v) is 5.59. The highest BCUT2D eigenvalue weighted by atomic mass is 35.5. The van der Waals surface area contributed by atoms with Crippen molar-refractivity contribution < 1.29 is 25.0 Å². The first-order valence-corrected chi connectivity index (χ1v) is 7.55. The summed E-state index contributed by atoms with van der Waals surface area (Å²) in [4.78, 5) is 24.4. The fourth-order valence-corrected chi connectivity index (χ4v) is 2.63. The Morgan fingerprint density at radius 1 is 1.29 bits per heavy atom. The van der Waals surface area contributed by atoms with Gasteiger partial charge < -0.3 is 15.4 Å². The van der Waals surface area contributed by atoms with Crippen LogP contribution in [0.1, 0.15) is 11.6 Å². The minimum atomic E-state index is -0.919. The van der Waals surface area contributed by atoms with Gasteiger partial charge in [0.1, 0.15) is 11.8 Å². The number of hydrogen-bond acceptors (Lipinski definition) is 4. The number of rotatable bonds is 3. The van der Waals surface area contributed by atoms with Crippen LogP contribution >= 0.6 is 11.6 Å². The van der Waals surface area contributed by atoms with Crippen LogP contribution in [0.3, 0.4) is 0 Å². The molecule has 24 heavy (non-hydrogen) atoms. The number of carbonyl (C=O) groups is 2. The highest BCUT2D eigenvalue weighted by molar-refractivity contribution is 6.32. The highest BCUT2D eigenvalue weighted by Gasteiger charge is 2.30. The maximum atomic E-state index is 12.6. The van der Waals surface area contributed by atoms with Crippen LogP contribution in [0.15, 0.2) is 42.5 Å². The molecule has 124 valence electrons. The zero-order valence-corrected chi connectivity index (χ0v) is 13.2. The molecule has 5 N–H and O–H groups in total. The number of benzene rings is 2. The summed E-state index contributed by atoms with van der Waals surface area (Å²) in [5.74, 6) is -0.506. The van der Waals surface area contributed by atoms with Crippen molar-refractivity contribution in [3.8, 4) is 5.75 Å². The van der Waals surface area contributed by atoms with Crippen LogP contribution < -0.4 is 20.9 Å². The number of nitrogens with one attached hydrogen (secondary N) is 2. The molecule has 2 amide bonds. The predicted molar refractivity (Wildman–Crippen MR) is 86.3 cm³/mol. The zero-order chi connectivity index (χ0) is 17.1. The van der Waals surface area contributed by atoms with Crippen molar-refractivity contribution in [1.82, 2.24) is 5.32 Å². The van der Waals surface area contributed by atoms with Gasteiger partial charge in [0, 0.05) is 23.4 Å². The number of hydrogen-bond donors (Lipinski definition) is 4. The SMILES string of the molecule is O=C1COc2c(Cl)cccc2C(C(=O)Nc2ccc([NH2+]O)cc2)N1. The summed E-state index contributed by atoms with van der Waals surface area (Å²) in [5, 5.41) is 14.6. The number of carbonyl (C=O) groups excluding carboxylic acids is 2. The van der Waals surface area contributed by atoms with Crippen LogP contribution in [0, 0.1) is 0 Å². The summed E-state index contributed by atoms with van der Waals surface area (Å²) in [6, 6.07) is 10.7. The molecular formula is C16H15ClN3O4+. The molecule has 0 fully saturated rings. The summed E-state index contributed by atoms with van der Waals surface area (Å²) in [5.41, 5.74) is 2.60. The van der Waals surface area contributed by atoms with Gasteiger partial charge >= 0.3 is 0 Å². The van der Waals surface area contributed by atoms with E-state index in [1.807, 2.05) is 0 Å². The third kappa shape index (κ3) is 3.33. The normalized spacial score (nSPS) is 16.4. The molecule has 7 nitrogen and oxygen atoms in total. The van der Waals surface area contributed by atoms with Crippen molar-refractivity contribution in [1.29, 1.82) is 0 Å². The monoisotopic (exact) mass is 348 g/mol. The van der Waals surface area contributed by atoms with E-state index in [0.29, 0.717) is 27.7 Å². The van der Waals surface area contributed by atoms with Gasteiger partial charge in [0.15, 0.2) is 12.3 Å². The maximum Gasteiger partial charge on any atom is 0.258 e. The first-order chi connectivity index (χ1) is 11.6. The molecule has 1 atom stereocenters. The quantitative estimate of drug-likeness (QED) is 0.492. The fraction of sp³-hybridized carbons (Fsp3) is 0.125. The number of ether oxygens (including phenoxy) is 1. The number of halogens is 1. The van der Waals surface area contributed by atoms with Gasteiger partial charge in [0.05, 0.1) is 5.02 Å².